The van der Waals surface area contributed by atoms with Crippen LogP contribution in [-0.4, -0.2) is 33.3 Å². The molecule has 4 rings (SSSR count). The first-order valence-corrected chi connectivity index (χ1v) is 12.4. The van der Waals surface area contributed by atoms with E-state index in [-0.39, 0.29) is 17.9 Å². The Morgan fingerprint density at radius 2 is 1.97 bits per heavy atom. The van der Waals surface area contributed by atoms with Gasteiger partial charge in [-0.05, 0) is 66.4 Å². The molecule has 1 N–H and O–H groups in total. The van der Waals surface area contributed by atoms with Gasteiger partial charge < -0.3 is 14.7 Å². The van der Waals surface area contributed by atoms with Crippen molar-refractivity contribution in [2.24, 2.45) is 0 Å². The van der Waals surface area contributed by atoms with Gasteiger partial charge in [-0.1, -0.05) is 47.5 Å². The molecule has 0 spiro atoms. The number of rotatable bonds is 8. The van der Waals surface area contributed by atoms with Gasteiger partial charge in [0, 0.05) is 29.0 Å². The molecule has 180 valence electrons. The first-order chi connectivity index (χ1) is 16.9. The fraction of sp³-hybridized carbons (Fsp3) is 0.250. The molecule has 0 saturated carbocycles. The Balaban J connectivity index is 1.79. The molecule has 0 aliphatic carbocycles. The smallest absolute Gasteiger partial charge is 0.295 e. The molecule has 1 saturated heterocycles. The number of ketones is 1. The lowest BCUT2D eigenvalue weighted by Crippen LogP contribution is -2.29. The molecule has 3 aromatic rings. The summed E-state index contributed by atoms with van der Waals surface area (Å²) in [4.78, 5) is 32.1. The molecule has 0 unspecified atom stereocenters. The predicted molar refractivity (Wildman–Crippen MR) is 138 cm³/mol. The van der Waals surface area contributed by atoms with Crippen molar-refractivity contribution in [2.45, 2.75) is 39.3 Å². The summed E-state index contributed by atoms with van der Waals surface area (Å²) in [7, 11) is 0. The minimum absolute atomic E-state index is 0.0692. The molecule has 1 aromatic heterocycles. The van der Waals surface area contributed by atoms with Crippen molar-refractivity contribution < 1.29 is 19.4 Å². The van der Waals surface area contributed by atoms with Crippen LogP contribution in [0.1, 0.15) is 48.1 Å². The summed E-state index contributed by atoms with van der Waals surface area (Å²) in [6.45, 7) is 4.75. The van der Waals surface area contributed by atoms with Crippen LogP contribution in [0.2, 0.25) is 0 Å². The third-order valence-corrected chi connectivity index (χ3v) is 6.49. The first kappa shape index (κ1) is 24.7. The number of amides is 1. The number of unbranched alkanes of at least 4 members (excludes halogenated alkanes) is 1. The highest BCUT2D eigenvalue weighted by Gasteiger charge is 2.46. The molecule has 6 nitrogen and oxygen atoms in total. The number of halogens is 1. The van der Waals surface area contributed by atoms with E-state index in [1.54, 1.807) is 30.6 Å². The molecule has 1 atom stereocenters. The minimum atomic E-state index is -0.743. The summed E-state index contributed by atoms with van der Waals surface area (Å²) in [5, 5.41) is 11.4. The monoisotopic (exact) mass is 534 g/mol. The van der Waals surface area contributed by atoms with Crippen molar-refractivity contribution >= 4 is 33.4 Å². The quantitative estimate of drug-likeness (QED) is 0.167. The minimum Gasteiger partial charge on any atom is -0.507 e. The standard InChI is InChI=1S/C28H27BrN2O4/c1-3-4-13-35-22-10-11-23(18(2)14-22)26(32)24-25(20-8-5-9-21(29)15-20)31(28(34)27(24)33)17-19-7-6-12-30-16-19/h5-12,14-16,25,32H,3-4,13,17H2,1-2H3/b26-24+/t25-/m1/s1. The average molecular weight is 535 g/mol. The molecule has 35 heavy (non-hydrogen) atoms. The van der Waals surface area contributed by atoms with Crippen LogP contribution in [0.5, 0.6) is 5.75 Å². The van der Waals surface area contributed by atoms with Crippen LogP contribution in [0.15, 0.2) is 77.0 Å². The molecule has 1 amide bonds. The number of aliphatic hydroxyl groups excluding tert-OH is 1. The van der Waals surface area contributed by atoms with Crippen molar-refractivity contribution in [1.29, 1.82) is 0 Å². The van der Waals surface area contributed by atoms with Crippen molar-refractivity contribution in [2.75, 3.05) is 6.61 Å². The van der Waals surface area contributed by atoms with E-state index in [4.69, 9.17) is 4.74 Å². The van der Waals surface area contributed by atoms with Crippen LogP contribution in [0.25, 0.3) is 5.76 Å². The number of aromatic nitrogens is 1. The number of ether oxygens (including phenoxy) is 1. The normalized spacial score (nSPS) is 17.1. The van der Waals surface area contributed by atoms with Gasteiger partial charge >= 0.3 is 0 Å². The zero-order valence-corrected chi connectivity index (χ0v) is 21.3. The highest BCUT2D eigenvalue weighted by atomic mass is 79.9. The lowest BCUT2D eigenvalue weighted by atomic mass is 9.94. The Morgan fingerprint density at radius 3 is 2.66 bits per heavy atom. The molecule has 1 aliphatic rings. The van der Waals surface area contributed by atoms with Gasteiger partial charge in [-0.2, -0.15) is 0 Å². The third-order valence-electron chi connectivity index (χ3n) is 6.00. The highest BCUT2D eigenvalue weighted by molar-refractivity contribution is 9.10. The van der Waals surface area contributed by atoms with Crippen LogP contribution in [0.4, 0.5) is 0 Å². The van der Waals surface area contributed by atoms with E-state index in [2.05, 4.69) is 27.8 Å². The van der Waals surface area contributed by atoms with Crippen molar-refractivity contribution in [3.8, 4) is 5.75 Å². The maximum absolute atomic E-state index is 13.3. The Bertz CT molecular complexity index is 1270. The van der Waals surface area contributed by atoms with Crippen molar-refractivity contribution in [1.82, 2.24) is 9.88 Å². The average Bonchev–Trinajstić information content (AvgIpc) is 3.09. The number of nitrogens with zero attached hydrogens (tertiary/aromatic N) is 2. The van der Waals surface area contributed by atoms with Crippen molar-refractivity contribution in [3.05, 3.63) is 99.3 Å². The number of carbonyl (C=O) groups excluding carboxylic acids is 2. The number of pyridine rings is 1. The van der Waals surface area contributed by atoms with Crippen LogP contribution >= 0.6 is 15.9 Å². The Hall–Kier alpha value is -3.45. The maximum Gasteiger partial charge on any atom is 0.295 e. The van der Waals surface area contributed by atoms with Crippen LogP contribution < -0.4 is 4.74 Å². The van der Waals surface area contributed by atoms with E-state index in [0.717, 1.165) is 34.0 Å². The molecule has 0 radical (unpaired) electrons. The van der Waals surface area contributed by atoms with Crippen LogP contribution in [-0.2, 0) is 16.1 Å². The SMILES string of the molecule is CCCCOc1ccc(/C(O)=C2\C(=O)C(=O)N(Cc3cccnc3)[C@@H]2c2cccc(Br)c2)c(C)c1. The number of Topliss-reactive ketones (excluding diaryl/α,β-unsaturated/α-hetero) is 1. The summed E-state index contributed by atoms with van der Waals surface area (Å²) < 4.78 is 6.59. The van der Waals surface area contributed by atoms with Gasteiger partial charge in [0.2, 0.25) is 0 Å². The lowest BCUT2D eigenvalue weighted by Gasteiger charge is -2.25. The van der Waals surface area contributed by atoms with E-state index in [0.29, 0.717) is 17.9 Å². The molecule has 1 aliphatic heterocycles. The number of aliphatic hydroxyl groups is 1. The second-order valence-corrected chi connectivity index (χ2v) is 9.44. The van der Waals surface area contributed by atoms with E-state index in [1.807, 2.05) is 43.3 Å². The van der Waals surface area contributed by atoms with E-state index in [9.17, 15) is 14.7 Å². The van der Waals surface area contributed by atoms with Crippen molar-refractivity contribution in [3.63, 3.8) is 0 Å². The highest BCUT2D eigenvalue weighted by Crippen LogP contribution is 2.41. The zero-order valence-electron chi connectivity index (χ0n) is 19.7. The van der Waals surface area contributed by atoms with Gasteiger partial charge in [-0.3, -0.25) is 14.6 Å². The number of aryl methyl sites for hydroxylation is 1. The summed E-state index contributed by atoms with van der Waals surface area (Å²) >= 11 is 3.48. The Kier molecular flexibility index (Phi) is 7.66. The lowest BCUT2D eigenvalue weighted by molar-refractivity contribution is -0.140. The number of benzene rings is 2. The second-order valence-electron chi connectivity index (χ2n) is 8.52. The van der Waals surface area contributed by atoms with E-state index in [1.165, 1.54) is 4.90 Å². The Labute approximate surface area is 213 Å². The summed E-state index contributed by atoms with van der Waals surface area (Å²) in [5.74, 6) is -0.857. The number of carbonyl (C=O) groups is 2. The van der Waals surface area contributed by atoms with E-state index >= 15 is 0 Å². The fourth-order valence-corrected chi connectivity index (χ4v) is 4.64. The van der Waals surface area contributed by atoms with Gasteiger partial charge in [0.25, 0.3) is 11.7 Å². The molecular weight excluding hydrogens is 508 g/mol. The number of hydrogen-bond donors (Lipinski definition) is 1. The van der Waals surface area contributed by atoms with Gasteiger partial charge in [-0.15, -0.1) is 0 Å². The van der Waals surface area contributed by atoms with Gasteiger partial charge in [0.05, 0.1) is 18.2 Å². The molecular formula is C28H27BrN2O4. The van der Waals surface area contributed by atoms with E-state index < -0.39 is 17.7 Å². The fourth-order valence-electron chi connectivity index (χ4n) is 4.23. The van der Waals surface area contributed by atoms with Gasteiger partial charge in [0.15, 0.2) is 0 Å². The summed E-state index contributed by atoms with van der Waals surface area (Å²) in [5.41, 5.74) is 2.83. The first-order valence-electron chi connectivity index (χ1n) is 11.6. The predicted octanol–water partition coefficient (Wildman–Crippen LogP) is 5.95. The van der Waals surface area contributed by atoms with Crippen LogP contribution in [0, 0.1) is 6.92 Å². The molecule has 1 fully saturated rings. The second kappa shape index (κ2) is 10.9. The largest absolute Gasteiger partial charge is 0.507 e. The summed E-state index contributed by atoms with van der Waals surface area (Å²) in [6, 6.07) is 15.7. The Morgan fingerprint density at radius 1 is 1.14 bits per heavy atom. The molecule has 2 aromatic carbocycles. The molecule has 2 heterocycles. The molecule has 0 bridgehead atoms. The zero-order chi connectivity index (χ0) is 24.9. The maximum atomic E-state index is 13.3. The van der Waals surface area contributed by atoms with Crippen LogP contribution in [0.3, 0.4) is 0 Å². The third kappa shape index (κ3) is 5.30. The number of likely N-dealkylation sites (tertiary alicyclic amines) is 1. The summed E-state index contributed by atoms with van der Waals surface area (Å²) in [6.07, 6.45) is 5.31. The van der Waals surface area contributed by atoms with Gasteiger partial charge in [0.1, 0.15) is 11.5 Å². The van der Waals surface area contributed by atoms with Gasteiger partial charge in [-0.25, -0.2) is 0 Å². The topological polar surface area (TPSA) is 79.7 Å². The number of hydrogen-bond acceptors (Lipinski definition) is 5. The molecule has 7 heteroatoms.